The Bertz CT molecular complexity index is 914. The van der Waals surface area contributed by atoms with Crippen LogP contribution in [0.15, 0.2) is 43.0 Å². The van der Waals surface area contributed by atoms with E-state index in [1.54, 1.807) is 23.8 Å². The summed E-state index contributed by atoms with van der Waals surface area (Å²) in [5, 5.41) is 7.34. The second-order valence-corrected chi connectivity index (χ2v) is 6.52. The number of halogens is 1. The fourth-order valence-corrected chi connectivity index (χ4v) is 2.49. The average Bonchev–Trinajstić information content (AvgIpc) is 2.99. The number of alkyl halides is 1. The molecule has 130 valence electrons. The van der Waals surface area contributed by atoms with E-state index >= 15 is 0 Å². The molecule has 3 rings (SSSR count). The zero-order chi connectivity index (χ0) is 18.2. The standard InChI is InChI=1S/C18H20FN5O/c1-11(18(2,3)19)23-16-14(17(20)25)9-22-24-10-13(8-15(16)24)12-4-6-21-7-5-12/h4-11,23H,1-3H3,(H2,20,25). The first-order valence-corrected chi connectivity index (χ1v) is 7.94. The van der Waals surface area contributed by atoms with Gasteiger partial charge in [0.15, 0.2) is 0 Å². The lowest BCUT2D eigenvalue weighted by molar-refractivity contribution is 0.1000. The number of anilines is 1. The van der Waals surface area contributed by atoms with Gasteiger partial charge in [0.05, 0.1) is 29.0 Å². The Hall–Kier alpha value is -2.96. The van der Waals surface area contributed by atoms with Gasteiger partial charge >= 0.3 is 0 Å². The minimum absolute atomic E-state index is 0.225. The molecule has 3 aromatic heterocycles. The van der Waals surface area contributed by atoms with Crippen molar-refractivity contribution < 1.29 is 9.18 Å². The van der Waals surface area contributed by atoms with E-state index in [0.717, 1.165) is 11.1 Å². The van der Waals surface area contributed by atoms with Crippen LogP contribution in [0.5, 0.6) is 0 Å². The first kappa shape index (κ1) is 16.9. The van der Waals surface area contributed by atoms with Gasteiger partial charge in [-0.2, -0.15) is 5.10 Å². The van der Waals surface area contributed by atoms with E-state index in [2.05, 4.69) is 15.4 Å². The van der Waals surface area contributed by atoms with Crippen LogP contribution in [0.3, 0.4) is 0 Å². The minimum atomic E-state index is -1.48. The molecule has 6 nitrogen and oxygen atoms in total. The Labute approximate surface area is 144 Å². The van der Waals surface area contributed by atoms with E-state index < -0.39 is 17.6 Å². The van der Waals surface area contributed by atoms with Crippen LogP contribution < -0.4 is 11.1 Å². The zero-order valence-corrected chi connectivity index (χ0v) is 14.3. The maximum Gasteiger partial charge on any atom is 0.252 e. The molecule has 1 unspecified atom stereocenters. The number of primary amides is 1. The third kappa shape index (κ3) is 3.31. The predicted molar refractivity (Wildman–Crippen MR) is 95.2 cm³/mol. The number of fused-ring (bicyclic) bond motifs is 1. The van der Waals surface area contributed by atoms with Gasteiger partial charge in [0, 0.05) is 24.2 Å². The van der Waals surface area contributed by atoms with Gasteiger partial charge in [-0.3, -0.25) is 9.78 Å². The molecule has 0 aromatic carbocycles. The van der Waals surface area contributed by atoms with Crippen LogP contribution in [0.25, 0.3) is 16.6 Å². The second-order valence-electron chi connectivity index (χ2n) is 6.52. The lowest BCUT2D eigenvalue weighted by Crippen LogP contribution is -2.36. The lowest BCUT2D eigenvalue weighted by atomic mass is 10.0. The number of carbonyl (C=O) groups is 1. The van der Waals surface area contributed by atoms with Crippen LogP contribution in [0.2, 0.25) is 0 Å². The highest BCUT2D eigenvalue weighted by atomic mass is 19.1. The van der Waals surface area contributed by atoms with Gasteiger partial charge < -0.3 is 11.1 Å². The third-order valence-electron chi connectivity index (χ3n) is 4.31. The number of pyridine rings is 1. The van der Waals surface area contributed by atoms with Crippen molar-refractivity contribution in [2.45, 2.75) is 32.5 Å². The molecule has 0 spiro atoms. The SMILES string of the molecule is CC(Nc1c(C(N)=O)cnn2cc(-c3ccncc3)cc12)C(C)(C)F. The number of nitrogens with one attached hydrogen (secondary N) is 1. The Morgan fingerprint density at radius 3 is 2.60 bits per heavy atom. The molecule has 25 heavy (non-hydrogen) atoms. The molecule has 3 N–H and O–H groups in total. The molecule has 0 fully saturated rings. The average molecular weight is 341 g/mol. The molecule has 0 bridgehead atoms. The van der Waals surface area contributed by atoms with Crippen LogP contribution in [0, 0.1) is 0 Å². The summed E-state index contributed by atoms with van der Waals surface area (Å²) in [4.78, 5) is 15.8. The number of nitrogens with two attached hydrogens (primary N) is 1. The van der Waals surface area contributed by atoms with Crippen molar-refractivity contribution in [3.8, 4) is 11.1 Å². The van der Waals surface area contributed by atoms with Crippen molar-refractivity contribution in [1.29, 1.82) is 0 Å². The van der Waals surface area contributed by atoms with Crippen molar-refractivity contribution in [3.63, 3.8) is 0 Å². The summed E-state index contributed by atoms with van der Waals surface area (Å²) in [6.45, 7) is 4.68. The van der Waals surface area contributed by atoms with E-state index in [1.165, 1.54) is 20.0 Å². The zero-order valence-electron chi connectivity index (χ0n) is 14.3. The molecule has 1 amide bonds. The number of hydrogen-bond acceptors (Lipinski definition) is 4. The van der Waals surface area contributed by atoms with Crippen molar-refractivity contribution >= 4 is 17.1 Å². The van der Waals surface area contributed by atoms with Gasteiger partial charge in [0.1, 0.15) is 5.67 Å². The summed E-state index contributed by atoms with van der Waals surface area (Å²) in [5.41, 5.74) is 7.22. The van der Waals surface area contributed by atoms with E-state index in [4.69, 9.17) is 5.73 Å². The Morgan fingerprint density at radius 2 is 2.00 bits per heavy atom. The van der Waals surface area contributed by atoms with Crippen molar-refractivity contribution in [2.24, 2.45) is 5.73 Å². The van der Waals surface area contributed by atoms with Crippen LogP contribution in [0.4, 0.5) is 10.1 Å². The smallest absolute Gasteiger partial charge is 0.252 e. The summed E-state index contributed by atoms with van der Waals surface area (Å²) in [6.07, 6.45) is 6.64. The highest BCUT2D eigenvalue weighted by molar-refractivity contribution is 6.02. The minimum Gasteiger partial charge on any atom is -0.377 e. The highest BCUT2D eigenvalue weighted by Crippen LogP contribution is 2.30. The number of rotatable bonds is 5. The molecule has 7 heteroatoms. The third-order valence-corrected chi connectivity index (χ3v) is 4.31. The maximum atomic E-state index is 14.3. The van der Waals surface area contributed by atoms with Crippen molar-refractivity contribution in [3.05, 3.63) is 48.5 Å². The van der Waals surface area contributed by atoms with Crippen LogP contribution >= 0.6 is 0 Å². The lowest BCUT2D eigenvalue weighted by Gasteiger charge is -2.26. The van der Waals surface area contributed by atoms with Gasteiger partial charge in [-0.25, -0.2) is 8.91 Å². The fraction of sp³-hybridized carbons (Fsp3) is 0.278. The normalized spacial score (nSPS) is 13.0. The quantitative estimate of drug-likeness (QED) is 0.747. The molecule has 0 radical (unpaired) electrons. The first-order chi connectivity index (χ1) is 11.8. The molecular formula is C18H20FN5O. The van der Waals surface area contributed by atoms with Crippen LogP contribution in [0.1, 0.15) is 31.1 Å². The predicted octanol–water partition coefficient (Wildman–Crippen LogP) is 3.04. The van der Waals surface area contributed by atoms with E-state index in [1.807, 2.05) is 24.4 Å². The topological polar surface area (TPSA) is 85.3 Å². The van der Waals surface area contributed by atoms with E-state index in [-0.39, 0.29) is 5.56 Å². The van der Waals surface area contributed by atoms with Gasteiger partial charge in [-0.05, 0) is 44.5 Å². The largest absolute Gasteiger partial charge is 0.377 e. The van der Waals surface area contributed by atoms with Crippen LogP contribution in [-0.4, -0.2) is 32.2 Å². The molecule has 3 aromatic rings. The molecule has 1 atom stereocenters. The number of aromatic nitrogens is 3. The fourth-order valence-electron chi connectivity index (χ4n) is 2.49. The summed E-state index contributed by atoms with van der Waals surface area (Å²) in [5.74, 6) is -0.618. The van der Waals surface area contributed by atoms with Gasteiger partial charge in [-0.1, -0.05) is 0 Å². The van der Waals surface area contributed by atoms with Gasteiger partial charge in [-0.15, -0.1) is 0 Å². The number of nitrogens with zero attached hydrogens (tertiary/aromatic N) is 3. The van der Waals surface area contributed by atoms with Crippen molar-refractivity contribution in [1.82, 2.24) is 14.6 Å². The molecule has 3 heterocycles. The number of amides is 1. The highest BCUT2D eigenvalue weighted by Gasteiger charge is 2.27. The summed E-state index contributed by atoms with van der Waals surface area (Å²) >= 11 is 0. The second kappa shape index (κ2) is 6.16. The van der Waals surface area contributed by atoms with E-state index in [0.29, 0.717) is 11.2 Å². The Kier molecular flexibility index (Phi) is 4.16. The molecule has 0 aliphatic heterocycles. The summed E-state index contributed by atoms with van der Waals surface area (Å²) in [7, 11) is 0. The van der Waals surface area contributed by atoms with Gasteiger partial charge in [0.2, 0.25) is 0 Å². The Morgan fingerprint density at radius 1 is 1.32 bits per heavy atom. The molecular weight excluding hydrogens is 321 g/mol. The number of carbonyl (C=O) groups excluding carboxylic acids is 1. The van der Waals surface area contributed by atoms with Gasteiger partial charge in [0.25, 0.3) is 5.91 Å². The molecule has 0 aliphatic rings. The Balaban J connectivity index is 2.15. The summed E-state index contributed by atoms with van der Waals surface area (Å²) in [6, 6.07) is 5.11. The molecule has 0 aliphatic carbocycles. The molecule has 0 saturated heterocycles. The van der Waals surface area contributed by atoms with E-state index in [9.17, 15) is 9.18 Å². The first-order valence-electron chi connectivity index (χ1n) is 7.94. The maximum absolute atomic E-state index is 14.3. The van der Waals surface area contributed by atoms with Crippen molar-refractivity contribution in [2.75, 3.05) is 5.32 Å². The molecule has 0 saturated carbocycles. The number of hydrogen-bond donors (Lipinski definition) is 2. The van der Waals surface area contributed by atoms with Crippen LogP contribution in [-0.2, 0) is 0 Å². The summed E-state index contributed by atoms with van der Waals surface area (Å²) < 4.78 is 15.9. The monoisotopic (exact) mass is 341 g/mol.